The fourth-order valence-corrected chi connectivity index (χ4v) is 3.19. The van der Waals surface area contributed by atoms with Gasteiger partial charge in [0.2, 0.25) is 0 Å². The van der Waals surface area contributed by atoms with Crippen LogP contribution in [0.2, 0.25) is 10.3 Å². The zero-order valence-electron chi connectivity index (χ0n) is 15.4. The molecule has 1 aromatic carbocycles. The van der Waals surface area contributed by atoms with E-state index in [1.54, 1.807) is 7.05 Å². The van der Waals surface area contributed by atoms with Gasteiger partial charge in [0.05, 0.1) is 16.8 Å². The zero-order chi connectivity index (χ0) is 18.9. The number of benzene rings is 1. The van der Waals surface area contributed by atoms with Gasteiger partial charge in [-0.1, -0.05) is 68.2 Å². The first-order chi connectivity index (χ1) is 11.6. The molecule has 2 rings (SSSR count). The minimum Gasteiger partial charge on any atom is -0.376 e. The van der Waals surface area contributed by atoms with Crippen LogP contribution in [0.4, 0.5) is 0 Å². The van der Waals surface area contributed by atoms with Crippen molar-refractivity contribution in [3.63, 3.8) is 0 Å². The molecule has 4 nitrogen and oxygen atoms in total. The summed E-state index contributed by atoms with van der Waals surface area (Å²) in [6, 6.07) is 10.3. The van der Waals surface area contributed by atoms with Crippen molar-refractivity contribution in [2.45, 2.75) is 26.2 Å². The van der Waals surface area contributed by atoms with E-state index in [4.69, 9.17) is 23.2 Å². The molecular weight excluding hydrogens is 355 g/mol. The Kier molecular flexibility index (Phi) is 5.51. The van der Waals surface area contributed by atoms with Crippen LogP contribution in [0.1, 0.15) is 37.5 Å². The van der Waals surface area contributed by atoms with E-state index in [0.717, 1.165) is 5.56 Å². The highest BCUT2D eigenvalue weighted by molar-refractivity contribution is 6.37. The second-order valence-corrected chi connectivity index (χ2v) is 7.85. The summed E-state index contributed by atoms with van der Waals surface area (Å²) in [7, 11) is 5.43. The van der Waals surface area contributed by atoms with Gasteiger partial charge in [0, 0.05) is 21.1 Å². The van der Waals surface area contributed by atoms with Gasteiger partial charge in [-0.15, -0.1) is 0 Å². The molecule has 0 atom stereocenters. The van der Waals surface area contributed by atoms with Crippen LogP contribution in [0.15, 0.2) is 24.3 Å². The number of hydrogen-bond donors (Lipinski definition) is 0. The molecule has 1 heterocycles. The molecule has 0 aliphatic carbocycles. The van der Waals surface area contributed by atoms with Crippen LogP contribution in [0, 0.1) is 11.3 Å². The van der Waals surface area contributed by atoms with Crippen LogP contribution in [0.3, 0.4) is 0 Å². The standard InChI is InChI=1S/C19H22Cl2N4/c1-19(2,3)13-9-7-12(8-10-13)14(11-22)16(24(4)5)15-17(20)23-25(6)18(15)21/h7-10H,1-6H3. The third-order valence-electron chi connectivity index (χ3n) is 4.01. The number of nitriles is 1. The lowest BCUT2D eigenvalue weighted by molar-refractivity contribution is 0.590. The highest BCUT2D eigenvalue weighted by atomic mass is 35.5. The summed E-state index contributed by atoms with van der Waals surface area (Å²) in [5, 5.41) is 14.6. The quantitative estimate of drug-likeness (QED) is 0.709. The Morgan fingerprint density at radius 1 is 1.16 bits per heavy atom. The zero-order valence-corrected chi connectivity index (χ0v) is 16.9. The normalized spacial score (nSPS) is 12.6. The Morgan fingerprint density at radius 3 is 2.08 bits per heavy atom. The van der Waals surface area contributed by atoms with E-state index in [1.165, 1.54) is 10.2 Å². The molecular formula is C19H22Cl2N4. The van der Waals surface area contributed by atoms with Crippen LogP contribution in [-0.4, -0.2) is 28.8 Å². The first-order valence-corrected chi connectivity index (χ1v) is 8.64. The van der Waals surface area contributed by atoms with Crippen molar-refractivity contribution < 1.29 is 0 Å². The molecule has 0 saturated heterocycles. The van der Waals surface area contributed by atoms with Crippen molar-refractivity contribution in [2.24, 2.45) is 7.05 Å². The molecule has 0 bridgehead atoms. The molecule has 0 aliphatic rings. The Bertz CT molecular complexity index is 847. The largest absolute Gasteiger partial charge is 0.376 e. The molecule has 0 N–H and O–H groups in total. The number of nitrogens with zero attached hydrogens (tertiary/aromatic N) is 4. The summed E-state index contributed by atoms with van der Waals surface area (Å²) in [6.45, 7) is 6.47. The van der Waals surface area contributed by atoms with Crippen LogP contribution in [-0.2, 0) is 12.5 Å². The van der Waals surface area contributed by atoms with Gasteiger partial charge < -0.3 is 4.90 Å². The topological polar surface area (TPSA) is 44.9 Å². The van der Waals surface area contributed by atoms with E-state index in [2.05, 4.69) is 31.9 Å². The summed E-state index contributed by atoms with van der Waals surface area (Å²) in [5.41, 5.74) is 3.78. The van der Waals surface area contributed by atoms with Crippen molar-refractivity contribution in [2.75, 3.05) is 14.1 Å². The molecule has 6 heteroatoms. The van der Waals surface area contributed by atoms with Crippen LogP contribution in [0.5, 0.6) is 0 Å². The molecule has 0 radical (unpaired) electrons. The molecule has 1 aromatic heterocycles. The summed E-state index contributed by atoms with van der Waals surface area (Å²) in [6.07, 6.45) is 0. The molecule has 0 spiro atoms. The lowest BCUT2D eigenvalue weighted by atomic mass is 9.86. The Balaban J connectivity index is 2.70. The SMILES string of the molecule is CN(C)C(=C(C#N)c1ccc(C(C)(C)C)cc1)c1c(Cl)nn(C)c1Cl. The lowest BCUT2D eigenvalue weighted by Gasteiger charge is -2.21. The molecule has 0 unspecified atom stereocenters. The van der Waals surface area contributed by atoms with Gasteiger partial charge in [-0.05, 0) is 16.5 Å². The number of hydrogen-bond acceptors (Lipinski definition) is 3. The Labute approximate surface area is 159 Å². The van der Waals surface area contributed by atoms with Crippen molar-refractivity contribution in [3.05, 3.63) is 51.3 Å². The van der Waals surface area contributed by atoms with Gasteiger partial charge in [-0.2, -0.15) is 10.4 Å². The average Bonchev–Trinajstić information content (AvgIpc) is 2.77. The van der Waals surface area contributed by atoms with E-state index < -0.39 is 0 Å². The second kappa shape index (κ2) is 7.11. The van der Waals surface area contributed by atoms with Crippen LogP contribution in [0.25, 0.3) is 11.3 Å². The average molecular weight is 377 g/mol. The minimum atomic E-state index is 0.0510. The fraction of sp³-hybridized carbons (Fsp3) is 0.368. The molecule has 25 heavy (non-hydrogen) atoms. The maximum absolute atomic E-state index is 9.83. The maximum Gasteiger partial charge on any atom is 0.162 e. The number of allylic oxidation sites excluding steroid dienone is 1. The highest BCUT2D eigenvalue weighted by Crippen LogP contribution is 2.36. The summed E-state index contributed by atoms with van der Waals surface area (Å²) < 4.78 is 1.50. The lowest BCUT2D eigenvalue weighted by Crippen LogP contribution is -2.13. The molecule has 0 aliphatic heterocycles. The maximum atomic E-state index is 9.83. The summed E-state index contributed by atoms with van der Waals surface area (Å²) >= 11 is 12.6. The van der Waals surface area contributed by atoms with Crippen molar-refractivity contribution in [1.29, 1.82) is 5.26 Å². The second-order valence-electron chi connectivity index (χ2n) is 7.14. The number of halogens is 2. The van der Waals surface area contributed by atoms with Gasteiger partial charge >= 0.3 is 0 Å². The molecule has 0 amide bonds. The monoisotopic (exact) mass is 376 g/mol. The summed E-state index contributed by atoms with van der Waals surface area (Å²) in [5.74, 6) is 0. The third kappa shape index (κ3) is 3.84. The van der Waals surface area contributed by atoms with Gasteiger partial charge in [-0.25, -0.2) is 0 Å². The van der Waals surface area contributed by atoms with E-state index in [0.29, 0.717) is 22.0 Å². The highest BCUT2D eigenvalue weighted by Gasteiger charge is 2.23. The van der Waals surface area contributed by atoms with Crippen LogP contribution < -0.4 is 0 Å². The van der Waals surface area contributed by atoms with Crippen LogP contribution >= 0.6 is 23.2 Å². The van der Waals surface area contributed by atoms with E-state index in [-0.39, 0.29) is 10.6 Å². The van der Waals surface area contributed by atoms with Gasteiger partial charge in [0.15, 0.2) is 5.15 Å². The third-order valence-corrected chi connectivity index (χ3v) is 4.70. The van der Waals surface area contributed by atoms with E-state index in [9.17, 15) is 5.26 Å². The van der Waals surface area contributed by atoms with E-state index >= 15 is 0 Å². The fourth-order valence-electron chi connectivity index (χ4n) is 2.63. The van der Waals surface area contributed by atoms with Gasteiger partial charge in [0.25, 0.3) is 0 Å². The molecule has 0 saturated carbocycles. The smallest absolute Gasteiger partial charge is 0.162 e. The van der Waals surface area contributed by atoms with Crippen molar-refractivity contribution >= 4 is 34.5 Å². The predicted octanol–water partition coefficient (Wildman–Crippen LogP) is 4.98. The minimum absolute atomic E-state index is 0.0510. The van der Waals surface area contributed by atoms with E-state index in [1.807, 2.05) is 43.3 Å². The van der Waals surface area contributed by atoms with Gasteiger partial charge in [-0.3, -0.25) is 4.68 Å². The number of aromatic nitrogens is 2. The number of rotatable bonds is 3. The molecule has 0 fully saturated rings. The molecule has 2 aromatic rings. The van der Waals surface area contributed by atoms with Crippen molar-refractivity contribution in [3.8, 4) is 6.07 Å². The first-order valence-electron chi connectivity index (χ1n) is 7.89. The predicted molar refractivity (Wildman–Crippen MR) is 104 cm³/mol. The van der Waals surface area contributed by atoms with Gasteiger partial charge in [0.1, 0.15) is 11.2 Å². The Hall–Kier alpha value is -1.96. The number of aryl methyl sites for hydroxylation is 1. The first kappa shape index (κ1) is 19.4. The summed E-state index contributed by atoms with van der Waals surface area (Å²) in [4.78, 5) is 1.84. The van der Waals surface area contributed by atoms with Crippen molar-refractivity contribution in [1.82, 2.24) is 14.7 Å². The Morgan fingerprint density at radius 2 is 1.72 bits per heavy atom. The molecule has 132 valence electrons.